The number of nitrogens with one attached hydrogen (secondary N) is 3. The number of aromatic hydroxyl groups is 1. The number of hydrogen-bond acceptors (Lipinski definition) is 20. The maximum atomic E-state index is 13.4. The average molecular weight is 799 g/mol. The molecule has 0 amide bonds. The second kappa shape index (κ2) is 17.0. The Bertz CT molecular complexity index is 2750. The molecule has 0 fully saturated rings. The Hall–Kier alpha value is -5.02. The van der Waals surface area contributed by atoms with E-state index in [-0.39, 0.29) is 87.3 Å². The molecule has 0 aromatic heterocycles. The Balaban J connectivity index is 0.00000392. The molecule has 4 aromatic carbocycles. The molecule has 5 rings (SSSR count). The molecule has 0 saturated heterocycles. The zero-order chi connectivity index (χ0) is 38.1. The van der Waals surface area contributed by atoms with Gasteiger partial charge in [-0.2, -0.15) is 15.3 Å². The third kappa shape index (κ3) is 9.55. The number of anilines is 3. The van der Waals surface area contributed by atoms with Gasteiger partial charge in [0, 0.05) is 23.8 Å². The number of rotatable bonds is 10. The number of hydrazone groups is 1. The van der Waals surface area contributed by atoms with Gasteiger partial charge in [0.2, 0.25) is 22.4 Å². The molecule has 26 heteroatoms. The molecule has 0 saturated carbocycles. The van der Waals surface area contributed by atoms with E-state index in [1.165, 1.54) is 24.3 Å². The SMILES string of the molecule is O=C1/C(=N/Nc2ccc([N+](=O)[O-])cc2)C(S(=O)(=O)[O-])=Cc2ccc(N/N=c3/c(=O)cc/c(=N\Nc4cc(S(=O)(=O)[O-])cc([N+](=O)[O-])c4O)c3=O)cc21.[Na+].[Na+]. The minimum atomic E-state index is -5.25. The van der Waals surface area contributed by atoms with Crippen LogP contribution in [-0.2, 0) is 20.2 Å². The standard InChI is InChI=1S/C28H18N8O14S2.2Na/c37-22-8-7-19(31-32-20-11-17(51(45,46)47)12-21(27(20)39)36(43)44)28(40)24(22)33-30-15-2-1-13-9-23(52(48,49)50)25(26(38)18(13)10-15)34-29-14-3-5-16(6-4-14)35(41)42;;/h1-12,29-30,32,39H,(H,45,46,47)(H,48,49,50);;/q;2*+1/p-2/b31-19+,33-24-,34-25+;;. The average Bonchev–Trinajstić information content (AvgIpc) is 3.07. The Labute approximate surface area is 344 Å². The van der Waals surface area contributed by atoms with E-state index in [1.807, 2.05) is 5.43 Å². The monoisotopic (exact) mass is 798 g/mol. The van der Waals surface area contributed by atoms with Gasteiger partial charge in [-0.3, -0.25) is 50.9 Å². The molecular weight excluding hydrogens is 782 g/mol. The first-order valence-corrected chi connectivity index (χ1v) is 16.5. The molecule has 22 nitrogen and oxygen atoms in total. The summed E-state index contributed by atoms with van der Waals surface area (Å²) >= 11 is 0. The van der Waals surface area contributed by atoms with Gasteiger partial charge in [0.1, 0.15) is 37.0 Å². The summed E-state index contributed by atoms with van der Waals surface area (Å²) in [5, 5.41) is 42.1. The summed E-state index contributed by atoms with van der Waals surface area (Å²) in [6.45, 7) is 0. The van der Waals surface area contributed by atoms with Crippen molar-refractivity contribution in [3.05, 3.63) is 134 Å². The van der Waals surface area contributed by atoms with E-state index in [0.29, 0.717) is 12.1 Å². The number of ketones is 1. The molecule has 0 spiro atoms. The third-order valence-electron chi connectivity index (χ3n) is 6.89. The van der Waals surface area contributed by atoms with E-state index < -0.39 is 90.1 Å². The fourth-order valence-electron chi connectivity index (χ4n) is 4.41. The molecule has 1 aliphatic carbocycles. The number of carbonyl (C=O) groups excluding carboxylic acids is 1. The molecule has 0 atom stereocenters. The van der Waals surface area contributed by atoms with E-state index in [0.717, 1.165) is 36.4 Å². The van der Waals surface area contributed by atoms with Crippen LogP contribution in [0.1, 0.15) is 15.9 Å². The van der Waals surface area contributed by atoms with Crippen molar-refractivity contribution < 1.29 is 105 Å². The second-order valence-electron chi connectivity index (χ2n) is 10.2. The molecule has 4 N–H and O–H groups in total. The number of nitrogens with zero attached hydrogens (tertiary/aromatic N) is 5. The fraction of sp³-hybridized carbons (Fsp3) is 0. The van der Waals surface area contributed by atoms with Gasteiger partial charge in [0.05, 0.1) is 31.0 Å². The summed E-state index contributed by atoms with van der Waals surface area (Å²) in [5.74, 6) is -2.18. The minimum absolute atomic E-state index is 0. The largest absolute Gasteiger partial charge is 1.00 e. The fourth-order valence-corrected chi connectivity index (χ4v) is 5.58. The van der Waals surface area contributed by atoms with Crippen molar-refractivity contribution in [3.8, 4) is 5.75 Å². The topological polar surface area (TPSA) is 345 Å². The normalized spacial score (nSPS) is 13.9. The van der Waals surface area contributed by atoms with Crippen LogP contribution in [0.15, 0.2) is 101 Å². The summed E-state index contributed by atoms with van der Waals surface area (Å²) in [7, 11) is -10.5. The van der Waals surface area contributed by atoms with Crippen LogP contribution >= 0.6 is 0 Å². The van der Waals surface area contributed by atoms with Gasteiger partial charge in [0.25, 0.3) is 5.69 Å². The quantitative estimate of drug-likeness (QED) is 0.0381. The molecule has 0 aliphatic heterocycles. The van der Waals surface area contributed by atoms with Crippen molar-refractivity contribution in [2.45, 2.75) is 4.90 Å². The van der Waals surface area contributed by atoms with Gasteiger partial charge in [-0.15, -0.1) is 0 Å². The van der Waals surface area contributed by atoms with Gasteiger partial charge >= 0.3 is 64.8 Å². The number of benzene rings is 4. The van der Waals surface area contributed by atoms with Crippen LogP contribution in [0.25, 0.3) is 6.08 Å². The smallest absolute Gasteiger partial charge is 0.744 e. The number of fused-ring (bicyclic) bond motifs is 1. The number of hydrogen-bond donors (Lipinski definition) is 4. The maximum absolute atomic E-state index is 13.4. The van der Waals surface area contributed by atoms with Gasteiger partial charge in [0.15, 0.2) is 5.36 Å². The molecule has 266 valence electrons. The summed E-state index contributed by atoms with van der Waals surface area (Å²) in [6.07, 6.45) is 0.883. The number of non-ortho nitro benzene ring substituents is 1. The zero-order valence-corrected chi connectivity index (χ0v) is 32.9. The molecule has 0 heterocycles. The molecule has 54 heavy (non-hydrogen) atoms. The van der Waals surface area contributed by atoms with Gasteiger partial charge in [-0.1, -0.05) is 6.07 Å². The second-order valence-corrected chi connectivity index (χ2v) is 13.0. The van der Waals surface area contributed by atoms with Crippen LogP contribution in [0.5, 0.6) is 5.75 Å². The number of phenolic OH excluding ortho intramolecular Hbond substituents is 1. The van der Waals surface area contributed by atoms with Crippen molar-refractivity contribution in [2.75, 3.05) is 16.3 Å². The number of Topliss-reactive ketones (excluding diaryl/α,β-unsaturated/α-hetero) is 1. The molecule has 1 aliphatic rings. The van der Waals surface area contributed by atoms with Crippen LogP contribution in [0.4, 0.5) is 28.4 Å². The maximum Gasteiger partial charge on any atom is 1.00 e. The van der Waals surface area contributed by atoms with Crippen molar-refractivity contribution in [3.63, 3.8) is 0 Å². The minimum Gasteiger partial charge on any atom is -0.744 e. The summed E-state index contributed by atoms with van der Waals surface area (Å²) in [6, 6.07) is 10.8. The molecule has 0 bridgehead atoms. The van der Waals surface area contributed by atoms with Crippen molar-refractivity contribution >= 4 is 66.2 Å². The van der Waals surface area contributed by atoms with Gasteiger partial charge < -0.3 is 14.2 Å². The predicted molar refractivity (Wildman–Crippen MR) is 175 cm³/mol. The molecular formula is C28H16N8Na2O14S2. The van der Waals surface area contributed by atoms with Crippen molar-refractivity contribution in [1.82, 2.24) is 0 Å². The van der Waals surface area contributed by atoms with Crippen LogP contribution in [0.3, 0.4) is 0 Å². The Morgan fingerprint density at radius 1 is 0.704 bits per heavy atom. The number of nitro benzene ring substituents is 2. The summed E-state index contributed by atoms with van der Waals surface area (Å²) in [5.41, 5.74) is 1.50. The van der Waals surface area contributed by atoms with Crippen molar-refractivity contribution in [2.24, 2.45) is 15.3 Å². The first-order chi connectivity index (χ1) is 24.3. The van der Waals surface area contributed by atoms with Crippen LogP contribution in [0, 0.1) is 20.2 Å². The molecule has 0 unspecified atom stereocenters. The predicted octanol–water partition coefficient (Wildman–Crippen LogP) is -5.88. The first kappa shape index (κ1) is 43.4. The first-order valence-electron chi connectivity index (χ1n) is 13.7. The van der Waals surface area contributed by atoms with E-state index in [9.17, 15) is 65.7 Å². The molecule has 0 radical (unpaired) electrons. The third-order valence-corrected chi connectivity index (χ3v) is 8.56. The van der Waals surface area contributed by atoms with Gasteiger partial charge in [-0.05, 0) is 54.1 Å². The van der Waals surface area contributed by atoms with E-state index in [2.05, 4.69) is 26.2 Å². The van der Waals surface area contributed by atoms with E-state index >= 15 is 0 Å². The number of nitro groups is 2. The summed E-state index contributed by atoms with van der Waals surface area (Å²) < 4.78 is 70.3. The van der Waals surface area contributed by atoms with Crippen LogP contribution < -0.4 is 97.0 Å². The van der Waals surface area contributed by atoms with E-state index in [1.54, 1.807) is 0 Å². The number of phenols is 1. The Morgan fingerprint density at radius 3 is 1.93 bits per heavy atom. The zero-order valence-electron chi connectivity index (χ0n) is 27.2. The summed E-state index contributed by atoms with van der Waals surface area (Å²) in [4.78, 5) is 57.1. The van der Waals surface area contributed by atoms with Crippen LogP contribution in [0.2, 0.25) is 0 Å². The number of allylic oxidation sites excluding steroid dienone is 1. The Kier molecular flexibility index (Phi) is 13.6. The Morgan fingerprint density at radius 2 is 1.33 bits per heavy atom. The van der Waals surface area contributed by atoms with Crippen molar-refractivity contribution in [1.29, 1.82) is 0 Å². The van der Waals surface area contributed by atoms with E-state index in [4.69, 9.17) is 0 Å². The van der Waals surface area contributed by atoms with Crippen LogP contribution in [-0.4, -0.2) is 52.4 Å². The van der Waals surface area contributed by atoms with Gasteiger partial charge in [-0.25, -0.2) is 16.8 Å². The molecule has 4 aromatic rings. The number of carbonyl (C=O) groups is 1.